The molecule has 0 radical (unpaired) electrons. The van der Waals surface area contributed by atoms with Crippen molar-refractivity contribution in [3.05, 3.63) is 46.1 Å². The number of rotatable bonds is 3. The molecule has 0 bridgehead atoms. The summed E-state index contributed by atoms with van der Waals surface area (Å²) in [6, 6.07) is 4.44. The zero-order chi connectivity index (χ0) is 13.1. The fourth-order valence-corrected chi connectivity index (χ4v) is 1.84. The van der Waals surface area contributed by atoms with Gasteiger partial charge in [0.2, 0.25) is 5.88 Å². The summed E-state index contributed by atoms with van der Waals surface area (Å²) < 4.78 is 19.7. The molecule has 3 nitrogen and oxygen atoms in total. The number of nitrogens with zero attached hydrogens (tertiary/aromatic N) is 2. The summed E-state index contributed by atoms with van der Waals surface area (Å²) in [5.41, 5.74) is 0.613. The molecule has 0 saturated heterocycles. The van der Waals surface area contributed by atoms with Crippen LogP contribution in [0, 0.1) is 12.7 Å². The second-order valence-corrected chi connectivity index (χ2v) is 4.74. The summed E-state index contributed by atoms with van der Waals surface area (Å²) in [5, 5.41) is 0. The zero-order valence-corrected chi connectivity index (χ0v) is 11.8. The van der Waals surface area contributed by atoms with Crippen LogP contribution in [0.3, 0.4) is 0 Å². The molecule has 1 heterocycles. The van der Waals surface area contributed by atoms with E-state index in [-0.39, 0.29) is 17.5 Å². The normalized spacial score (nSPS) is 10.4. The van der Waals surface area contributed by atoms with Crippen molar-refractivity contribution in [2.75, 3.05) is 0 Å². The molecule has 0 N–H and O–H groups in total. The van der Waals surface area contributed by atoms with Crippen LogP contribution in [0.15, 0.2) is 28.9 Å². The minimum Gasteiger partial charge on any atom is -0.435 e. The number of halogens is 3. The van der Waals surface area contributed by atoms with Crippen molar-refractivity contribution in [2.24, 2.45) is 0 Å². The van der Waals surface area contributed by atoms with E-state index >= 15 is 0 Å². The first-order valence-corrected chi connectivity index (χ1v) is 6.44. The molecule has 2 rings (SSSR count). The molecule has 0 saturated carbocycles. The first-order valence-electron chi connectivity index (χ1n) is 5.11. The van der Waals surface area contributed by atoms with Crippen LogP contribution in [0.1, 0.15) is 11.4 Å². The molecule has 6 heteroatoms. The maximum absolute atomic E-state index is 13.6. The highest BCUT2D eigenvalue weighted by Crippen LogP contribution is 2.28. The van der Waals surface area contributed by atoms with Crippen molar-refractivity contribution in [3.8, 4) is 11.6 Å². The molecule has 0 aliphatic rings. The molecular weight excluding hydrogens is 322 g/mol. The van der Waals surface area contributed by atoms with Gasteiger partial charge in [-0.25, -0.2) is 9.37 Å². The largest absolute Gasteiger partial charge is 0.435 e. The van der Waals surface area contributed by atoms with E-state index in [0.29, 0.717) is 11.4 Å². The Morgan fingerprint density at radius 2 is 2.22 bits per heavy atom. The Morgan fingerprint density at radius 3 is 2.94 bits per heavy atom. The van der Waals surface area contributed by atoms with Gasteiger partial charge < -0.3 is 4.74 Å². The highest BCUT2D eigenvalue weighted by molar-refractivity contribution is 9.10. The summed E-state index contributed by atoms with van der Waals surface area (Å²) in [7, 11) is 0. The Kier molecular flexibility index (Phi) is 4.14. The third-order valence-electron chi connectivity index (χ3n) is 2.19. The summed E-state index contributed by atoms with van der Waals surface area (Å²) in [4.78, 5) is 8.12. The van der Waals surface area contributed by atoms with Gasteiger partial charge in [-0.2, -0.15) is 4.98 Å². The standard InChI is InChI=1S/C12H9BrClFN2O/c1-7-16-6-8(5-14)12(17-7)18-11-4-9(13)2-3-10(11)15/h2-4,6H,5H2,1H3. The summed E-state index contributed by atoms with van der Waals surface area (Å²) in [6.45, 7) is 1.72. The monoisotopic (exact) mass is 330 g/mol. The van der Waals surface area contributed by atoms with Crippen LogP contribution >= 0.6 is 27.5 Å². The summed E-state index contributed by atoms with van der Waals surface area (Å²) in [6.07, 6.45) is 1.57. The molecule has 2 aromatic rings. The van der Waals surface area contributed by atoms with Crippen molar-refractivity contribution in [1.82, 2.24) is 9.97 Å². The van der Waals surface area contributed by atoms with Gasteiger partial charge in [-0.1, -0.05) is 15.9 Å². The van der Waals surface area contributed by atoms with Gasteiger partial charge in [0.25, 0.3) is 0 Å². The predicted molar refractivity (Wildman–Crippen MR) is 70.5 cm³/mol. The number of hydrogen-bond acceptors (Lipinski definition) is 3. The minimum atomic E-state index is -0.463. The van der Waals surface area contributed by atoms with Crippen LogP contribution in [0.2, 0.25) is 0 Å². The lowest BCUT2D eigenvalue weighted by Gasteiger charge is -2.09. The molecule has 0 spiro atoms. The van der Waals surface area contributed by atoms with Gasteiger partial charge >= 0.3 is 0 Å². The van der Waals surface area contributed by atoms with Gasteiger partial charge in [0, 0.05) is 16.2 Å². The minimum absolute atomic E-state index is 0.0915. The van der Waals surface area contributed by atoms with Crippen molar-refractivity contribution >= 4 is 27.5 Å². The molecule has 0 aliphatic heterocycles. The van der Waals surface area contributed by atoms with Crippen LogP contribution in [0.4, 0.5) is 4.39 Å². The van der Waals surface area contributed by atoms with Crippen LogP contribution in [-0.2, 0) is 5.88 Å². The smallest absolute Gasteiger partial charge is 0.227 e. The van der Waals surface area contributed by atoms with Crippen molar-refractivity contribution in [1.29, 1.82) is 0 Å². The number of aromatic nitrogens is 2. The van der Waals surface area contributed by atoms with Gasteiger partial charge in [0.1, 0.15) is 5.82 Å². The van der Waals surface area contributed by atoms with Crippen LogP contribution < -0.4 is 4.74 Å². The highest BCUT2D eigenvalue weighted by atomic mass is 79.9. The van der Waals surface area contributed by atoms with E-state index in [1.165, 1.54) is 12.1 Å². The van der Waals surface area contributed by atoms with Crippen molar-refractivity contribution in [3.63, 3.8) is 0 Å². The lowest BCUT2D eigenvalue weighted by Crippen LogP contribution is -1.98. The Morgan fingerprint density at radius 1 is 1.44 bits per heavy atom. The number of ether oxygens (including phenoxy) is 1. The Labute approximate surface area is 117 Å². The molecule has 18 heavy (non-hydrogen) atoms. The maximum atomic E-state index is 13.6. The van der Waals surface area contributed by atoms with E-state index in [0.717, 1.165) is 4.47 Å². The van der Waals surface area contributed by atoms with E-state index in [4.69, 9.17) is 16.3 Å². The third-order valence-corrected chi connectivity index (χ3v) is 2.97. The number of hydrogen-bond donors (Lipinski definition) is 0. The van der Waals surface area contributed by atoms with Gasteiger partial charge in [-0.05, 0) is 25.1 Å². The lowest BCUT2D eigenvalue weighted by molar-refractivity contribution is 0.421. The van der Waals surface area contributed by atoms with E-state index in [1.807, 2.05) is 0 Å². The molecule has 1 aromatic heterocycles. The molecule has 0 unspecified atom stereocenters. The van der Waals surface area contributed by atoms with Crippen LogP contribution in [-0.4, -0.2) is 9.97 Å². The average molecular weight is 332 g/mol. The predicted octanol–water partition coefficient (Wildman–Crippen LogP) is 4.22. The van der Waals surface area contributed by atoms with Gasteiger partial charge in [0.15, 0.2) is 11.6 Å². The van der Waals surface area contributed by atoms with Gasteiger partial charge in [-0.3, -0.25) is 0 Å². The van der Waals surface area contributed by atoms with Crippen molar-refractivity contribution in [2.45, 2.75) is 12.8 Å². The fraction of sp³-hybridized carbons (Fsp3) is 0.167. The Hall–Kier alpha value is -1.20. The lowest BCUT2D eigenvalue weighted by atomic mass is 10.3. The molecule has 1 aromatic carbocycles. The topological polar surface area (TPSA) is 35.0 Å². The fourth-order valence-electron chi connectivity index (χ4n) is 1.31. The highest BCUT2D eigenvalue weighted by Gasteiger charge is 2.11. The number of aryl methyl sites for hydroxylation is 1. The maximum Gasteiger partial charge on any atom is 0.227 e. The van der Waals surface area contributed by atoms with E-state index in [2.05, 4.69) is 25.9 Å². The summed E-state index contributed by atoms with van der Waals surface area (Å²) in [5.74, 6) is 0.637. The molecule has 0 aliphatic carbocycles. The number of alkyl halides is 1. The third kappa shape index (κ3) is 2.97. The average Bonchev–Trinajstić information content (AvgIpc) is 2.34. The molecule has 0 fully saturated rings. The van der Waals surface area contributed by atoms with E-state index < -0.39 is 5.82 Å². The quantitative estimate of drug-likeness (QED) is 0.790. The zero-order valence-electron chi connectivity index (χ0n) is 9.45. The Balaban J connectivity index is 2.38. The molecule has 0 amide bonds. The van der Waals surface area contributed by atoms with Crippen molar-refractivity contribution < 1.29 is 9.13 Å². The van der Waals surface area contributed by atoms with Crippen LogP contribution in [0.25, 0.3) is 0 Å². The Bertz CT molecular complexity index is 580. The molecular formula is C12H9BrClFN2O. The second-order valence-electron chi connectivity index (χ2n) is 3.56. The molecule has 94 valence electrons. The summed E-state index contributed by atoms with van der Waals surface area (Å²) >= 11 is 9.01. The molecule has 0 atom stereocenters. The van der Waals surface area contributed by atoms with E-state index in [9.17, 15) is 4.39 Å². The van der Waals surface area contributed by atoms with Gasteiger partial charge in [-0.15, -0.1) is 11.6 Å². The van der Waals surface area contributed by atoms with Crippen LogP contribution in [0.5, 0.6) is 11.6 Å². The SMILES string of the molecule is Cc1ncc(CCl)c(Oc2cc(Br)ccc2F)n1. The number of benzene rings is 1. The first kappa shape index (κ1) is 13.2. The first-order chi connectivity index (χ1) is 8.60. The van der Waals surface area contributed by atoms with Gasteiger partial charge in [0.05, 0.1) is 5.88 Å². The second kappa shape index (κ2) is 5.63. The van der Waals surface area contributed by atoms with E-state index in [1.54, 1.807) is 19.2 Å².